The third-order valence-corrected chi connectivity index (χ3v) is 7.15. The fraction of sp³-hybridized carbons (Fsp3) is 0.652. The van der Waals surface area contributed by atoms with Gasteiger partial charge in [-0.25, -0.2) is 32.9 Å². The van der Waals surface area contributed by atoms with Gasteiger partial charge in [-0.2, -0.15) is 10.2 Å². The Morgan fingerprint density at radius 2 is 1.95 bits per heavy atom. The number of primary amides is 1. The van der Waals surface area contributed by atoms with Gasteiger partial charge in [0.05, 0.1) is 41.8 Å². The number of imidazole rings is 1. The Balaban J connectivity index is 0.00000320. The van der Waals surface area contributed by atoms with Crippen molar-refractivity contribution < 1.29 is 18.7 Å². The molecule has 2 aliphatic rings. The van der Waals surface area contributed by atoms with Crippen LogP contribution in [0.5, 0.6) is 0 Å². The predicted octanol–water partition coefficient (Wildman–Crippen LogP) is 2.56. The summed E-state index contributed by atoms with van der Waals surface area (Å²) in [6, 6.07) is -0.306. The van der Waals surface area contributed by atoms with Crippen LogP contribution in [0.4, 0.5) is 8.78 Å². The molecule has 0 radical (unpaired) electrons. The number of nitrogens with two attached hydrogens (primary N) is 1. The zero-order chi connectivity index (χ0) is 25.6. The summed E-state index contributed by atoms with van der Waals surface area (Å²) >= 11 is 0. The van der Waals surface area contributed by atoms with Gasteiger partial charge in [0.25, 0.3) is 11.7 Å². The number of aliphatic hydroxyl groups is 1. The molecular formula is C23H32ClF2N9O2. The summed E-state index contributed by atoms with van der Waals surface area (Å²) in [4.78, 5) is 25.9. The number of alkyl halides is 2. The molecule has 1 amide bonds. The van der Waals surface area contributed by atoms with Crippen LogP contribution in [-0.4, -0.2) is 63.9 Å². The summed E-state index contributed by atoms with van der Waals surface area (Å²) in [5.41, 5.74) is 6.78. The van der Waals surface area contributed by atoms with E-state index < -0.39 is 23.9 Å². The highest BCUT2D eigenvalue weighted by atomic mass is 35.5. The van der Waals surface area contributed by atoms with Crippen molar-refractivity contribution in [1.82, 2.24) is 39.7 Å². The lowest BCUT2D eigenvalue weighted by Crippen LogP contribution is -2.34. The lowest BCUT2D eigenvalue weighted by atomic mass is 9.77. The first kappa shape index (κ1) is 27.3. The predicted molar refractivity (Wildman–Crippen MR) is 132 cm³/mol. The van der Waals surface area contributed by atoms with Gasteiger partial charge in [0, 0.05) is 18.9 Å². The number of carbonyl (C=O) groups is 1. The van der Waals surface area contributed by atoms with E-state index in [1.807, 2.05) is 13.8 Å². The number of halogens is 3. The van der Waals surface area contributed by atoms with Crippen molar-refractivity contribution in [1.29, 1.82) is 0 Å². The second kappa shape index (κ2) is 10.5. The fourth-order valence-corrected chi connectivity index (χ4v) is 5.23. The van der Waals surface area contributed by atoms with Crippen LogP contribution < -0.4 is 11.1 Å². The summed E-state index contributed by atoms with van der Waals surface area (Å²) in [6.07, 6.45) is 4.24. The Hall–Kier alpha value is -2.77. The summed E-state index contributed by atoms with van der Waals surface area (Å²) in [6.45, 7) is 4.40. The molecule has 11 nitrogen and oxygen atoms in total. The third-order valence-electron chi connectivity index (χ3n) is 7.15. The molecule has 5 rings (SSSR count). The normalized spacial score (nSPS) is 23.2. The van der Waals surface area contributed by atoms with Gasteiger partial charge in [0.15, 0.2) is 5.82 Å². The van der Waals surface area contributed by atoms with Gasteiger partial charge in [-0.1, -0.05) is 0 Å². The van der Waals surface area contributed by atoms with Crippen LogP contribution in [0, 0.1) is 5.92 Å². The Labute approximate surface area is 218 Å². The van der Waals surface area contributed by atoms with Gasteiger partial charge in [0.1, 0.15) is 0 Å². The molecular weight excluding hydrogens is 508 g/mol. The standard InChI is InChI=1S/C23H31F2N9O2.ClH/c1-12(2)34-21(19(26)36)31-20(32-34)18(13-3-6-23(24,25)7-4-13)17-11-33-22(30-17)29-16(10-28-33)15-9-14(35)5-8-27-15;/h10-15,18,27,35H,3-9H2,1-2H3,(H2,26,36);1H/t14-,15+,18-;/m0./s1. The maximum Gasteiger partial charge on any atom is 0.286 e. The summed E-state index contributed by atoms with van der Waals surface area (Å²) in [5.74, 6) is -3.42. The van der Waals surface area contributed by atoms with Gasteiger partial charge in [-0.05, 0) is 52.0 Å². The van der Waals surface area contributed by atoms with Gasteiger partial charge in [-0.3, -0.25) is 4.79 Å². The first-order valence-corrected chi connectivity index (χ1v) is 12.4. The minimum absolute atomic E-state index is 0. The number of amides is 1. The summed E-state index contributed by atoms with van der Waals surface area (Å²) in [7, 11) is 0. The Morgan fingerprint density at radius 1 is 1.22 bits per heavy atom. The number of hydrogen-bond acceptors (Lipinski definition) is 8. The highest BCUT2D eigenvalue weighted by Crippen LogP contribution is 2.44. The van der Waals surface area contributed by atoms with Crippen LogP contribution in [0.1, 0.15) is 98.2 Å². The fourth-order valence-electron chi connectivity index (χ4n) is 5.23. The molecule has 4 N–H and O–H groups in total. The molecule has 0 spiro atoms. The Morgan fingerprint density at radius 3 is 2.57 bits per heavy atom. The molecule has 0 bridgehead atoms. The molecule has 3 aromatic rings. The number of aliphatic hydroxyl groups excluding tert-OH is 1. The van der Waals surface area contributed by atoms with Gasteiger partial charge in [-0.15, -0.1) is 12.4 Å². The second-order valence-corrected chi connectivity index (χ2v) is 10.1. The molecule has 202 valence electrons. The van der Waals surface area contributed by atoms with Gasteiger partial charge >= 0.3 is 0 Å². The molecule has 2 fully saturated rings. The summed E-state index contributed by atoms with van der Waals surface area (Å²) < 4.78 is 31.0. The minimum Gasteiger partial charge on any atom is -0.393 e. The SMILES string of the molecule is CC(C)n1nc([C@H](c2cn3ncc([C@H]4C[C@@H](O)CCN4)nc3n2)C2CCC(F)(F)CC2)nc1C(N)=O.Cl. The molecule has 1 aliphatic carbocycles. The van der Waals surface area contributed by atoms with Crippen LogP contribution >= 0.6 is 12.4 Å². The minimum atomic E-state index is -2.70. The number of aromatic nitrogens is 7. The van der Waals surface area contributed by atoms with E-state index in [9.17, 15) is 18.7 Å². The van der Waals surface area contributed by atoms with Crippen molar-refractivity contribution in [3.8, 4) is 0 Å². The quantitative estimate of drug-likeness (QED) is 0.432. The summed E-state index contributed by atoms with van der Waals surface area (Å²) in [5, 5.41) is 22.4. The molecule has 1 saturated carbocycles. The van der Waals surface area contributed by atoms with Crippen molar-refractivity contribution in [3.63, 3.8) is 0 Å². The maximum absolute atomic E-state index is 14.0. The van der Waals surface area contributed by atoms with E-state index in [2.05, 4.69) is 25.5 Å². The van der Waals surface area contributed by atoms with Crippen molar-refractivity contribution >= 4 is 24.1 Å². The number of nitrogens with one attached hydrogen (secondary N) is 1. The zero-order valence-corrected chi connectivity index (χ0v) is 21.5. The molecule has 0 unspecified atom stereocenters. The van der Waals surface area contributed by atoms with E-state index in [-0.39, 0.29) is 61.9 Å². The van der Waals surface area contributed by atoms with E-state index in [1.54, 1.807) is 12.4 Å². The van der Waals surface area contributed by atoms with E-state index >= 15 is 0 Å². The van der Waals surface area contributed by atoms with Crippen LogP contribution in [0.3, 0.4) is 0 Å². The molecule has 14 heteroatoms. The first-order valence-electron chi connectivity index (χ1n) is 12.4. The van der Waals surface area contributed by atoms with Crippen LogP contribution in [-0.2, 0) is 0 Å². The average Bonchev–Trinajstić information content (AvgIpc) is 3.45. The molecule has 4 heterocycles. The molecule has 37 heavy (non-hydrogen) atoms. The second-order valence-electron chi connectivity index (χ2n) is 10.1. The topological polar surface area (TPSA) is 149 Å². The van der Waals surface area contributed by atoms with Crippen LogP contribution in [0.15, 0.2) is 12.4 Å². The van der Waals surface area contributed by atoms with Crippen molar-refractivity contribution in [2.75, 3.05) is 6.54 Å². The van der Waals surface area contributed by atoms with Crippen molar-refractivity contribution in [3.05, 3.63) is 35.4 Å². The van der Waals surface area contributed by atoms with Gasteiger partial charge in [0.2, 0.25) is 11.7 Å². The largest absolute Gasteiger partial charge is 0.393 e. The Kier molecular flexibility index (Phi) is 7.77. The van der Waals surface area contributed by atoms with Crippen LogP contribution in [0.25, 0.3) is 5.78 Å². The van der Waals surface area contributed by atoms with E-state index in [4.69, 9.17) is 10.7 Å². The van der Waals surface area contributed by atoms with E-state index in [0.29, 0.717) is 42.4 Å². The Bertz CT molecular complexity index is 1250. The number of hydrogen-bond donors (Lipinski definition) is 3. The molecule has 1 aliphatic heterocycles. The smallest absolute Gasteiger partial charge is 0.286 e. The van der Waals surface area contributed by atoms with Gasteiger partial charge < -0.3 is 16.2 Å². The third kappa shape index (κ3) is 5.58. The lowest BCUT2D eigenvalue weighted by molar-refractivity contribution is -0.0476. The van der Waals surface area contributed by atoms with E-state index in [0.717, 1.165) is 0 Å². The molecule has 3 aromatic heterocycles. The number of nitrogens with zero attached hydrogens (tertiary/aromatic N) is 7. The lowest BCUT2D eigenvalue weighted by Gasteiger charge is -2.31. The monoisotopic (exact) mass is 539 g/mol. The number of fused-ring (bicyclic) bond motifs is 1. The molecule has 3 atom stereocenters. The van der Waals surface area contributed by atoms with Crippen LogP contribution in [0.2, 0.25) is 0 Å². The zero-order valence-electron chi connectivity index (χ0n) is 20.7. The molecule has 0 aromatic carbocycles. The van der Waals surface area contributed by atoms with Crippen molar-refractivity contribution in [2.24, 2.45) is 11.7 Å². The maximum atomic E-state index is 14.0. The highest BCUT2D eigenvalue weighted by Gasteiger charge is 2.41. The number of carbonyl (C=O) groups excluding carboxylic acids is 1. The first-order chi connectivity index (χ1) is 17.1. The highest BCUT2D eigenvalue weighted by molar-refractivity contribution is 5.89. The van der Waals surface area contributed by atoms with Crippen molar-refractivity contribution in [2.45, 2.75) is 82.4 Å². The van der Waals surface area contributed by atoms with E-state index in [1.165, 1.54) is 9.20 Å². The number of piperidine rings is 1. The molecule has 1 saturated heterocycles. The number of rotatable bonds is 6. The average molecular weight is 540 g/mol.